The molecular weight excluding hydrogens is 259 g/mol. The van der Waals surface area contributed by atoms with Crippen molar-refractivity contribution in [2.24, 2.45) is 0 Å². The second-order valence-corrected chi connectivity index (χ2v) is 5.46. The maximum atomic E-state index is 12.8. The molecule has 0 amide bonds. The van der Waals surface area contributed by atoms with E-state index in [2.05, 4.69) is 0 Å². The van der Waals surface area contributed by atoms with Crippen LogP contribution in [-0.4, -0.2) is 11.5 Å². The van der Waals surface area contributed by atoms with E-state index in [1.807, 2.05) is 32.0 Å². The Labute approximate surface area is 116 Å². The van der Waals surface area contributed by atoms with Crippen LogP contribution in [0.25, 0.3) is 0 Å². The molecule has 0 N–H and O–H groups in total. The van der Waals surface area contributed by atoms with Crippen molar-refractivity contribution in [3.63, 3.8) is 0 Å². The first-order valence-corrected chi connectivity index (χ1v) is 7.04. The summed E-state index contributed by atoms with van der Waals surface area (Å²) in [5, 5.41) is 0. The number of rotatable bonds is 4. The molecular formula is C16H15FOS. The quantitative estimate of drug-likeness (QED) is 0.606. The summed E-state index contributed by atoms with van der Waals surface area (Å²) in [4.78, 5) is 13.1. The average Bonchev–Trinajstić information content (AvgIpc) is 2.41. The van der Waals surface area contributed by atoms with Gasteiger partial charge in [0.15, 0.2) is 5.78 Å². The Kier molecular flexibility index (Phi) is 4.38. The number of carbonyl (C=O) groups excluding carboxylic acids is 1. The van der Waals surface area contributed by atoms with E-state index in [9.17, 15) is 9.18 Å². The van der Waals surface area contributed by atoms with Crippen molar-refractivity contribution in [3.05, 3.63) is 65.0 Å². The lowest BCUT2D eigenvalue weighted by Crippen LogP contribution is -2.05. The maximum absolute atomic E-state index is 12.8. The average molecular weight is 274 g/mol. The summed E-state index contributed by atoms with van der Waals surface area (Å²) < 4.78 is 12.8. The number of aryl methyl sites for hydroxylation is 1. The summed E-state index contributed by atoms with van der Waals surface area (Å²) in [7, 11) is 0. The molecule has 0 aliphatic carbocycles. The molecule has 0 atom stereocenters. The van der Waals surface area contributed by atoms with Crippen molar-refractivity contribution in [1.29, 1.82) is 0 Å². The van der Waals surface area contributed by atoms with Gasteiger partial charge in [-0.2, -0.15) is 0 Å². The summed E-state index contributed by atoms with van der Waals surface area (Å²) in [5.74, 6) is 0.219. The van der Waals surface area contributed by atoms with Crippen molar-refractivity contribution in [2.45, 2.75) is 18.7 Å². The molecule has 0 saturated carbocycles. The molecule has 2 aromatic carbocycles. The van der Waals surface area contributed by atoms with E-state index in [1.165, 1.54) is 23.9 Å². The molecule has 3 heteroatoms. The number of hydrogen-bond donors (Lipinski definition) is 0. The monoisotopic (exact) mass is 274 g/mol. The second-order valence-electron chi connectivity index (χ2n) is 4.41. The molecule has 0 saturated heterocycles. The van der Waals surface area contributed by atoms with Crippen LogP contribution in [0.2, 0.25) is 0 Å². The van der Waals surface area contributed by atoms with Gasteiger partial charge in [-0.1, -0.05) is 18.2 Å². The van der Waals surface area contributed by atoms with Crippen LogP contribution in [0.1, 0.15) is 21.5 Å². The van der Waals surface area contributed by atoms with Crippen LogP contribution < -0.4 is 0 Å². The molecule has 0 aliphatic rings. The first-order chi connectivity index (χ1) is 9.08. The Morgan fingerprint density at radius 3 is 2.47 bits per heavy atom. The molecule has 0 radical (unpaired) electrons. The van der Waals surface area contributed by atoms with Crippen LogP contribution in [0.4, 0.5) is 4.39 Å². The Morgan fingerprint density at radius 2 is 1.79 bits per heavy atom. The van der Waals surface area contributed by atoms with Crippen molar-refractivity contribution in [3.8, 4) is 0 Å². The predicted octanol–water partition coefficient (Wildman–Crippen LogP) is 4.42. The largest absolute Gasteiger partial charge is 0.293 e. The number of hydrogen-bond acceptors (Lipinski definition) is 2. The van der Waals surface area contributed by atoms with Gasteiger partial charge in [-0.05, 0) is 49.2 Å². The van der Waals surface area contributed by atoms with Crippen molar-refractivity contribution >= 4 is 17.5 Å². The van der Waals surface area contributed by atoms with E-state index < -0.39 is 0 Å². The Balaban J connectivity index is 2.05. The zero-order valence-electron chi connectivity index (χ0n) is 10.9. The third kappa shape index (κ3) is 3.44. The minimum atomic E-state index is -0.259. The molecule has 0 spiro atoms. The topological polar surface area (TPSA) is 17.1 Å². The van der Waals surface area contributed by atoms with Gasteiger partial charge in [-0.3, -0.25) is 4.79 Å². The van der Waals surface area contributed by atoms with E-state index >= 15 is 0 Å². The molecule has 1 nitrogen and oxygen atoms in total. The molecule has 0 fully saturated rings. The maximum Gasteiger partial charge on any atom is 0.173 e. The first kappa shape index (κ1) is 13.8. The Morgan fingerprint density at radius 1 is 1.11 bits per heavy atom. The van der Waals surface area contributed by atoms with Gasteiger partial charge in [0.25, 0.3) is 0 Å². The minimum absolute atomic E-state index is 0.107. The fourth-order valence-corrected chi connectivity index (χ4v) is 2.59. The van der Waals surface area contributed by atoms with Gasteiger partial charge >= 0.3 is 0 Å². The van der Waals surface area contributed by atoms with Gasteiger partial charge in [-0.25, -0.2) is 4.39 Å². The Bertz CT molecular complexity index is 590. The van der Waals surface area contributed by atoms with Crippen LogP contribution in [0.15, 0.2) is 47.4 Å². The highest BCUT2D eigenvalue weighted by atomic mass is 32.2. The zero-order chi connectivity index (χ0) is 13.8. The van der Waals surface area contributed by atoms with E-state index in [4.69, 9.17) is 0 Å². The van der Waals surface area contributed by atoms with Gasteiger partial charge in [0.1, 0.15) is 5.82 Å². The minimum Gasteiger partial charge on any atom is -0.293 e. The molecule has 0 aliphatic heterocycles. The van der Waals surface area contributed by atoms with Crippen molar-refractivity contribution in [1.82, 2.24) is 0 Å². The van der Waals surface area contributed by atoms with E-state index in [-0.39, 0.29) is 11.6 Å². The third-order valence-electron chi connectivity index (χ3n) is 3.09. The summed E-state index contributed by atoms with van der Waals surface area (Å²) in [6.07, 6.45) is 0. The van der Waals surface area contributed by atoms with Crippen molar-refractivity contribution in [2.75, 3.05) is 5.75 Å². The molecule has 2 aromatic rings. The zero-order valence-corrected chi connectivity index (χ0v) is 11.8. The van der Waals surface area contributed by atoms with Gasteiger partial charge in [-0.15, -0.1) is 11.8 Å². The number of ketones is 1. The Hall–Kier alpha value is -1.61. The summed E-state index contributed by atoms with van der Waals surface area (Å²) >= 11 is 1.43. The lowest BCUT2D eigenvalue weighted by atomic mass is 10.0. The van der Waals surface area contributed by atoms with Crippen LogP contribution in [0.5, 0.6) is 0 Å². The fourth-order valence-electron chi connectivity index (χ4n) is 1.81. The van der Waals surface area contributed by atoms with E-state index in [0.29, 0.717) is 5.75 Å². The standard InChI is InChI=1S/C16H15FOS/c1-11-4-3-5-15(12(11)2)16(18)10-19-14-8-6-13(17)7-9-14/h3-9H,10H2,1-2H3. The smallest absolute Gasteiger partial charge is 0.173 e. The van der Waals surface area contributed by atoms with Crippen LogP contribution in [0, 0.1) is 19.7 Å². The highest BCUT2D eigenvalue weighted by Crippen LogP contribution is 2.21. The van der Waals surface area contributed by atoms with Gasteiger partial charge < -0.3 is 0 Å². The predicted molar refractivity (Wildman–Crippen MR) is 77.4 cm³/mol. The number of carbonyl (C=O) groups is 1. The van der Waals surface area contributed by atoms with E-state index in [1.54, 1.807) is 12.1 Å². The second kappa shape index (κ2) is 6.02. The normalized spacial score (nSPS) is 10.5. The van der Waals surface area contributed by atoms with Crippen LogP contribution in [-0.2, 0) is 0 Å². The third-order valence-corrected chi connectivity index (χ3v) is 4.10. The molecule has 0 bridgehead atoms. The molecule has 0 aromatic heterocycles. The summed E-state index contributed by atoms with van der Waals surface area (Å²) in [6.45, 7) is 3.96. The highest BCUT2D eigenvalue weighted by Gasteiger charge is 2.10. The van der Waals surface area contributed by atoms with Gasteiger partial charge in [0.2, 0.25) is 0 Å². The first-order valence-electron chi connectivity index (χ1n) is 6.05. The molecule has 19 heavy (non-hydrogen) atoms. The van der Waals surface area contributed by atoms with Crippen molar-refractivity contribution < 1.29 is 9.18 Å². The lowest BCUT2D eigenvalue weighted by molar-refractivity contribution is 0.102. The van der Waals surface area contributed by atoms with Gasteiger partial charge in [0.05, 0.1) is 5.75 Å². The van der Waals surface area contributed by atoms with Crippen LogP contribution >= 0.6 is 11.8 Å². The SMILES string of the molecule is Cc1cccc(C(=O)CSc2ccc(F)cc2)c1C. The molecule has 0 unspecified atom stereocenters. The number of benzene rings is 2. The molecule has 98 valence electrons. The molecule has 0 heterocycles. The van der Waals surface area contributed by atoms with Crippen LogP contribution in [0.3, 0.4) is 0 Å². The lowest BCUT2D eigenvalue weighted by Gasteiger charge is -2.07. The number of thioether (sulfide) groups is 1. The summed E-state index contributed by atoms with van der Waals surface area (Å²) in [6, 6.07) is 12.0. The highest BCUT2D eigenvalue weighted by molar-refractivity contribution is 8.00. The van der Waals surface area contributed by atoms with E-state index in [0.717, 1.165) is 21.6 Å². The van der Waals surface area contributed by atoms with Gasteiger partial charge in [0, 0.05) is 10.5 Å². The number of halogens is 1. The fraction of sp³-hybridized carbons (Fsp3) is 0.188. The summed E-state index contributed by atoms with van der Waals surface area (Å²) in [5.41, 5.74) is 2.93. The molecule has 2 rings (SSSR count). The number of Topliss-reactive ketones (excluding diaryl/α,β-unsaturated/α-hetero) is 1.